The van der Waals surface area contributed by atoms with E-state index >= 15 is 0 Å². The smallest absolute Gasteiger partial charge is 0.574 e. The van der Waals surface area contributed by atoms with Crippen molar-refractivity contribution in [3.8, 4) is 91.6 Å². The van der Waals surface area contributed by atoms with Crippen molar-refractivity contribution in [3.05, 3.63) is 229 Å². The predicted octanol–water partition coefficient (Wildman–Crippen LogP) is 9.83. The molecule has 0 saturated carbocycles. The number of alkyl halides is 15. The van der Waals surface area contributed by atoms with Crippen molar-refractivity contribution in [1.82, 2.24) is 171 Å². The molecule has 0 aliphatic heterocycles. The van der Waals surface area contributed by atoms with Crippen LogP contribution in [-0.2, 0) is 115 Å². The van der Waals surface area contributed by atoms with Crippen LogP contribution >= 0.6 is 0 Å². The molecule has 16 aromatic rings. The summed E-state index contributed by atoms with van der Waals surface area (Å²) in [7, 11) is 0. The molecule has 0 fully saturated rings. The van der Waals surface area contributed by atoms with E-state index in [1.807, 2.05) is 33.8 Å². The van der Waals surface area contributed by atoms with Crippen LogP contribution in [0.4, 0.5) is 70.2 Å². The van der Waals surface area contributed by atoms with E-state index in [0.29, 0.717) is 40.1 Å². The Kier molecular flexibility index (Phi) is 36.3. The summed E-state index contributed by atoms with van der Waals surface area (Å²) in [4.78, 5) is 67.9. The minimum atomic E-state index is -4.59. The molecule has 0 radical (unpaired) electrons. The zero-order valence-electron chi connectivity index (χ0n) is 60.0. The van der Waals surface area contributed by atoms with Gasteiger partial charge < -0.3 is 81.1 Å². The molecule has 0 aliphatic rings. The van der Waals surface area contributed by atoms with Gasteiger partial charge in [-0.1, -0.05) is 41.0 Å². The summed E-state index contributed by atoms with van der Waals surface area (Å²) < 4.78 is 196. The van der Waals surface area contributed by atoms with Crippen molar-refractivity contribution in [2.75, 3.05) is 0 Å². The normalized spacial score (nSPS) is 10.8. The van der Waals surface area contributed by atoms with Crippen molar-refractivity contribution in [2.45, 2.75) is 72.4 Å². The number of aryl methyl sites for hydroxylation is 6. The van der Waals surface area contributed by atoms with E-state index in [1.165, 1.54) is 92.7 Å². The van der Waals surface area contributed by atoms with Crippen LogP contribution in [0.3, 0.4) is 0 Å². The zero-order valence-corrected chi connectivity index (χ0v) is 69.1. The molecule has 0 saturated heterocycles. The van der Waals surface area contributed by atoms with E-state index in [-0.39, 0.29) is 142 Å². The third kappa shape index (κ3) is 30.4. The van der Waals surface area contributed by atoms with Crippen LogP contribution in [0.15, 0.2) is 160 Å². The van der Waals surface area contributed by atoms with Crippen molar-refractivity contribution in [2.24, 2.45) is 0 Å². The van der Waals surface area contributed by atoms with E-state index in [0.717, 1.165) is 58.6 Å². The molecule has 16 heterocycles. The Bertz CT molecular complexity index is 5200. The maximum Gasteiger partial charge on any atom is 2.00 e. The second kappa shape index (κ2) is 44.4. The Balaban J connectivity index is 0.000000241. The molecule has 16 aromatic heterocycles. The number of nitrogens with zero attached hydrogens (tertiary/aromatic N) is 34. The minimum Gasteiger partial charge on any atom is -0.574 e. The van der Waals surface area contributed by atoms with Crippen molar-refractivity contribution < 1.29 is 155 Å². The van der Waals surface area contributed by atoms with E-state index in [2.05, 4.69) is 171 Å². The molecule has 0 amide bonds. The molecule has 626 valence electrons. The molecule has 0 atom stereocenters. The van der Waals surface area contributed by atoms with Gasteiger partial charge in [-0.15, -0.1) is 0 Å². The minimum absolute atomic E-state index is 0. The van der Waals surface area contributed by atoms with E-state index in [4.69, 9.17) is 0 Å². The van der Waals surface area contributed by atoms with Gasteiger partial charge in [0.05, 0.1) is 94.0 Å². The van der Waals surface area contributed by atoms with Gasteiger partial charge in [-0.2, -0.15) is 65.9 Å². The van der Waals surface area contributed by atoms with Crippen LogP contribution < -0.4 is 40.8 Å². The van der Waals surface area contributed by atoms with E-state index < -0.39 is 59.6 Å². The largest absolute Gasteiger partial charge is 2.00 e. The van der Waals surface area contributed by atoms with Gasteiger partial charge in [0.25, 0.3) is 0 Å². The molecule has 119 heavy (non-hydrogen) atoms. The first kappa shape index (κ1) is 97.4. The Morgan fingerprint density at radius 2 is 0.580 bits per heavy atom. The molecule has 16 rings (SSSR count). The molecule has 54 heteroatoms. The fourth-order valence-corrected chi connectivity index (χ4v) is 7.93. The molecule has 0 N–H and O–H groups in total. The third-order valence-electron chi connectivity index (χ3n) is 13.1. The van der Waals surface area contributed by atoms with Crippen LogP contribution in [0, 0.1) is 47.4 Å². The molecule has 0 spiro atoms. The van der Waals surface area contributed by atoms with Crippen LogP contribution in [-0.4, -0.2) is 131 Å². The average Bonchev–Trinajstić information content (AvgIpc) is 1.69. The Morgan fingerprint density at radius 1 is 0.252 bits per heavy atom. The number of aromatic nitrogens is 34. The first-order chi connectivity index (χ1) is 54.5. The topological polar surface area (TPSA) is 448 Å². The van der Waals surface area contributed by atoms with Crippen molar-refractivity contribution in [3.63, 3.8) is 0 Å². The third-order valence-corrected chi connectivity index (χ3v) is 13.1. The van der Waals surface area contributed by atoms with Crippen LogP contribution in [0.1, 0.15) is 63.0 Å². The predicted molar refractivity (Wildman–Crippen MR) is 358 cm³/mol. The van der Waals surface area contributed by atoms with E-state index in [1.54, 1.807) is 50.8 Å². The number of rotatable bonds is 8. The summed E-state index contributed by atoms with van der Waals surface area (Å²) in [5.74, 6) is -3.51. The number of pyridine rings is 2. The molecule has 0 unspecified atom stereocenters. The van der Waals surface area contributed by atoms with Crippen LogP contribution in [0.5, 0.6) is 0 Å². The van der Waals surface area contributed by atoms with Crippen LogP contribution in [0.2, 0.25) is 0 Å². The van der Waals surface area contributed by atoms with Gasteiger partial charge in [-0.05, 0) is 95.2 Å². The Morgan fingerprint density at radius 3 is 0.891 bits per heavy atom. The fourth-order valence-electron chi connectivity index (χ4n) is 7.93. The molecule has 0 aliphatic carbocycles. The van der Waals surface area contributed by atoms with Gasteiger partial charge in [-0.25, -0.2) is 4.39 Å². The second-order valence-corrected chi connectivity index (χ2v) is 22.0. The molecular formula is C65H44F16N34Pt4. The summed E-state index contributed by atoms with van der Waals surface area (Å²) in [5.41, 5.74) is 7.02. The standard InChI is InChI=1S/C10H7F3N3.C9H7FN3.C9H9N4.C8H4F3N4.C8H8N5.3C7H3F3N5.4Pt/c1-6-4-9(16-15-6)8-5-7(2-3-14-8)10(11,12)13;1-6-4-9(13-12-6)8-5-7(10)2-3-11-8;1-6-3-8(13-12-6)9-5-10-7(2)4-11-9;9-8(10,11)7-3-5(14-15-7)6-4-12-1-2-13-6;1-5-3-10-7(4-9-5)8-11-6(2)12-13-8;3*8-7(9,10)6-13-5(14-15-6)4-3-11-1-2-12-4;;;;/h2-5H,1H3;2-5H,1H3;3-5H,1-2H3;1-4H;3-4H,1-2H3;3*1-3H;;;;/q8*-1;4*+2. The quantitative estimate of drug-likeness (QED) is 0.128. The zero-order chi connectivity index (χ0) is 83.1. The average molecular weight is 2390 g/mol. The summed E-state index contributed by atoms with van der Waals surface area (Å²) in [6.45, 7) is 11.0. The Labute approximate surface area is 714 Å². The molecule has 34 nitrogen and oxygen atoms in total. The fraction of sp³-hybridized carbons (Fsp3) is 0.169. The van der Waals surface area contributed by atoms with Crippen molar-refractivity contribution in [1.29, 1.82) is 0 Å². The summed E-state index contributed by atoms with van der Waals surface area (Å²) in [5, 5.41) is 55.5. The summed E-state index contributed by atoms with van der Waals surface area (Å²) >= 11 is 0. The molecular weight excluding hydrogens is 2340 g/mol. The second-order valence-electron chi connectivity index (χ2n) is 22.0. The first-order valence-corrected chi connectivity index (χ1v) is 31.5. The first-order valence-electron chi connectivity index (χ1n) is 31.5. The van der Waals surface area contributed by atoms with E-state index in [9.17, 15) is 70.2 Å². The van der Waals surface area contributed by atoms with Gasteiger partial charge in [0, 0.05) is 103 Å². The number of halogens is 16. The molecule has 0 aromatic carbocycles. The summed E-state index contributed by atoms with van der Waals surface area (Å²) in [6, 6.07) is 10.6. The maximum atomic E-state index is 12.8. The molecule has 0 bridgehead atoms. The van der Waals surface area contributed by atoms with Crippen LogP contribution in [0.25, 0.3) is 91.6 Å². The SMILES string of the molecule is Cc1cc(-c2cc(C(F)(F)F)ccn2)[n-]n1.Cc1cc(-c2cc(F)ccn2)[n-]n1.Cc1cnc(-c2cc(C)n[n-]2)cn1.Cc1cnc(-c2nc(C)n[n-]2)cn1.FC(F)(F)c1cc(-c2cnccn2)[n-]n1.FC(F)(F)c1n[n-]c(-c2cnccn2)n1.FC(F)(F)c1n[n-]c(-c2cnccn2)n1.FC(F)(F)c1n[n-]c(-c2cnccn2)n1.[Pt+2].[Pt+2].[Pt+2].[Pt+2]. The van der Waals surface area contributed by atoms with Gasteiger partial charge in [0.2, 0.25) is 0 Å². The van der Waals surface area contributed by atoms with Gasteiger partial charge >= 0.3 is 115 Å². The van der Waals surface area contributed by atoms with Gasteiger partial charge in [-0.3, -0.25) is 90.2 Å². The number of hydrogen-bond donors (Lipinski definition) is 0. The van der Waals surface area contributed by atoms with Gasteiger partial charge in [0.15, 0.2) is 0 Å². The monoisotopic (exact) mass is 2380 g/mol. The number of hydrogen-bond acceptors (Lipinski definition) is 26. The maximum absolute atomic E-state index is 12.8. The summed E-state index contributed by atoms with van der Waals surface area (Å²) in [6.07, 6.45) is 2.74. The van der Waals surface area contributed by atoms with Crippen molar-refractivity contribution >= 4 is 0 Å². The Hall–Kier alpha value is -12.2. The van der Waals surface area contributed by atoms with Gasteiger partial charge in [0.1, 0.15) is 29.0 Å².